The maximum absolute atomic E-state index is 11.7. The Kier molecular flexibility index (Phi) is 1.76. The molecule has 14 heavy (non-hydrogen) atoms. The van der Waals surface area contributed by atoms with Gasteiger partial charge in [0.15, 0.2) is 0 Å². The Labute approximate surface area is 83.4 Å². The predicted molar refractivity (Wildman–Crippen MR) is 55.7 cm³/mol. The molecular formula is C12H15NO. The molecule has 74 valence electrons. The van der Waals surface area contributed by atoms with Gasteiger partial charge in [-0.15, -0.1) is 0 Å². The molecule has 2 aliphatic rings. The Morgan fingerprint density at radius 1 is 0.786 bits per heavy atom. The van der Waals surface area contributed by atoms with Crippen molar-refractivity contribution in [1.82, 2.24) is 4.98 Å². The van der Waals surface area contributed by atoms with Crippen LogP contribution < -0.4 is 5.56 Å². The minimum absolute atomic E-state index is 0.193. The van der Waals surface area contributed by atoms with Crippen molar-refractivity contribution in [3.8, 4) is 0 Å². The molecule has 0 radical (unpaired) electrons. The summed E-state index contributed by atoms with van der Waals surface area (Å²) < 4.78 is 0. The zero-order chi connectivity index (χ0) is 9.54. The van der Waals surface area contributed by atoms with E-state index in [0.29, 0.717) is 0 Å². The normalized spacial score (nSPS) is 19.1. The van der Waals surface area contributed by atoms with E-state index in [0.717, 1.165) is 24.8 Å². The molecule has 2 aliphatic carbocycles. The lowest BCUT2D eigenvalue weighted by Gasteiger charge is -2.18. The van der Waals surface area contributed by atoms with Crippen LogP contribution in [0.2, 0.25) is 0 Å². The first kappa shape index (κ1) is 8.27. The Hall–Kier alpha value is -1.05. The van der Waals surface area contributed by atoms with E-state index in [1.165, 1.54) is 42.5 Å². The zero-order valence-corrected chi connectivity index (χ0v) is 8.36. The molecule has 0 fully saturated rings. The van der Waals surface area contributed by atoms with Gasteiger partial charge in [0, 0.05) is 11.3 Å². The van der Waals surface area contributed by atoms with Crippen LogP contribution in [0.3, 0.4) is 0 Å². The Morgan fingerprint density at radius 2 is 1.50 bits per heavy atom. The predicted octanol–water partition coefficient (Wildman–Crippen LogP) is 1.74. The SMILES string of the molecule is O=c1[nH]c2c(c3c1CCC3)CCCC2. The molecule has 0 saturated heterocycles. The van der Waals surface area contributed by atoms with Crippen LogP contribution in [0.1, 0.15) is 41.6 Å². The molecule has 1 heterocycles. The molecule has 3 rings (SSSR count). The minimum atomic E-state index is 0.193. The third kappa shape index (κ3) is 1.06. The molecule has 0 aliphatic heterocycles. The van der Waals surface area contributed by atoms with Gasteiger partial charge in [-0.05, 0) is 56.1 Å². The number of rotatable bonds is 0. The van der Waals surface area contributed by atoms with Crippen LogP contribution in [0, 0.1) is 0 Å². The molecule has 1 aromatic heterocycles. The molecule has 0 unspecified atom stereocenters. The summed E-state index contributed by atoms with van der Waals surface area (Å²) in [5, 5.41) is 0. The molecule has 1 N–H and O–H groups in total. The summed E-state index contributed by atoms with van der Waals surface area (Å²) in [7, 11) is 0. The highest BCUT2D eigenvalue weighted by Gasteiger charge is 2.22. The highest BCUT2D eigenvalue weighted by molar-refractivity contribution is 5.40. The molecule has 2 nitrogen and oxygen atoms in total. The fraction of sp³-hybridized carbons (Fsp3) is 0.583. The van der Waals surface area contributed by atoms with E-state index in [1.54, 1.807) is 0 Å². The van der Waals surface area contributed by atoms with Crippen molar-refractivity contribution in [2.75, 3.05) is 0 Å². The van der Waals surface area contributed by atoms with E-state index in [9.17, 15) is 4.79 Å². The smallest absolute Gasteiger partial charge is 0.251 e. The van der Waals surface area contributed by atoms with Crippen molar-refractivity contribution in [1.29, 1.82) is 0 Å². The first-order valence-electron chi connectivity index (χ1n) is 5.62. The zero-order valence-electron chi connectivity index (χ0n) is 8.36. The van der Waals surface area contributed by atoms with Gasteiger partial charge in [0.25, 0.3) is 5.56 Å². The van der Waals surface area contributed by atoms with Crippen LogP contribution in [0.4, 0.5) is 0 Å². The second kappa shape index (κ2) is 2.97. The Morgan fingerprint density at radius 3 is 2.43 bits per heavy atom. The molecule has 0 atom stereocenters. The van der Waals surface area contributed by atoms with Crippen LogP contribution in [0.25, 0.3) is 0 Å². The van der Waals surface area contributed by atoms with Gasteiger partial charge in [-0.3, -0.25) is 4.79 Å². The van der Waals surface area contributed by atoms with E-state index < -0.39 is 0 Å². The van der Waals surface area contributed by atoms with Gasteiger partial charge < -0.3 is 4.98 Å². The number of aryl methyl sites for hydroxylation is 1. The lowest BCUT2D eigenvalue weighted by atomic mass is 9.91. The van der Waals surface area contributed by atoms with E-state index in [1.807, 2.05) is 0 Å². The monoisotopic (exact) mass is 189 g/mol. The molecule has 0 amide bonds. The lowest BCUT2D eigenvalue weighted by molar-refractivity contribution is 0.659. The number of pyridine rings is 1. The van der Waals surface area contributed by atoms with E-state index in [4.69, 9.17) is 0 Å². The highest BCUT2D eigenvalue weighted by Crippen LogP contribution is 2.28. The van der Waals surface area contributed by atoms with Crippen LogP contribution in [0.5, 0.6) is 0 Å². The van der Waals surface area contributed by atoms with Gasteiger partial charge in [-0.25, -0.2) is 0 Å². The fourth-order valence-electron chi connectivity index (χ4n) is 2.92. The number of fused-ring (bicyclic) bond motifs is 3. The minimum Gasteiger partial charge on any atom is -0.326 e. The summed E-state index contributed by atoms with van der Waals surface area (Å²) in [5.41, 5.74) is 5.41. The van der Waals surface area contributed by atoms with Gasteiger partial charge in [0.2, 0.25) is 0 Å². The number of nitrogens with one attached hydrogen (secondary N) is 1. The summed E-state index contributed by atoms with van der Waals surface area (Å²) in [4.78, 5) is 14.8. The van der Waals surface area contributed by atoms with Crippen molar-refractivity contribution in [3.05, 3.63) is 32.7 Å². The van der Waals surface area contributed by atoms with Gasteiger partial charge in [-0.1, -0.05) is 0 Å². The number of hydrogen-bond acceptors (Lipinski definition) is 1. The third-order valence-corrected chi connectivity index (χ3v) is 3.59. The largest absolute Gasteiger partial charge is 0.326 e. The molecule has 1 aromatic rings. The Bertz CT molecular complexity index is 431. The summed E-state index contributed by atoms with van der Waals surface area (Å²) >= 11 is 0. The van der Waals surface area contributed by atoms with Crippen molar-refractivity contribution < 1.29 is 0 Å². The van der Waals surface area contributed by atoms with Gasteiger partial charge >= 0.3 is 0 Å². The first-order valence-corrected chi connectivity index (χ1v) is 5.62. The highest BCUT2D eigenvalue weighted by atomic mass is 16.1. The average Bonchev–Trinajstić information content (AvgIpc) is 2.67. The standard InChI is InChI=1S/C12H15NO/c14-12-10-6-3-5-8(10)9-4-1-2-7-11(9)13-12/h1-7H2,(H,13,14). The lowest BCUT2D eigenvalue weighted by Crippen LogP contribution is -2.20. The topological polar surface area (TPSA) is 32.9 Å². The molecular weight excluding hydrogens is 174 g/mol. The summed E-state index contributed by atoms with van der Waals surface area (Å²) in [6, 6.07) is 0. The second-order valence-corrected chi connectivity index (χ2v) is 4.43. The van der Waals surface area contributed by atoms with Crippen LogP contribution in [-0.2, 0) is 25.7 Å². The maximum atomic E-state index is 11.7. The maximum Gasteiger partial charge on any atom is 0.251 e. The van der Waals surface area contributed by atoms with Gasteiger partial charge in [-0.2, -0.15) is 0 Å². The number of H-pyrrole nitrogens is 1. The first-order chi connectivity index (χ1) is 6.86. The van der Waals surface area contributed by atoms with Crippen molar-refractivity contribution >= 4 is 0 Å². The van der Waals surface area contributed by atoms with Crippen molar-refractivity contribution in [2.45, 2.75) is 44.9 Å². The second-order valence-electron chi connectivity index (χ2n) is 4.43. The molecule has 0 spiro atoms. The van der Waals surface area contributed by atoms with E-state index >= 15 is 0 Å². The molecule has 2 heteroatoms. The summed E-state index contributed by atoms with van der Waals surface area (Å²) in [6.45, 7) is 0. The van der Waals surface area contributed by atoms with Crippen molar-refractivity contribution in [2.24, 2.45) is 0 Å². The van der Waals surface area contributed by atoms with E-state index in [-0.39, 0.29) is 5.56 Å². The molecule has 0 bridgehead atoms. The van der Waals surface area contributed by atoms with Crippen molar-refractivity contribution in [3.63, 3.8) is 0 Å². The van der Waals surface area contributed by atoms with Gasteiger partial charge in [0.05, 0.1) is 0 Å². The van der Waals surface area contributed by atoms with Gasteiger partial charge in [0.1, 0.15) is 0 Å². The quantitative estimate of drug-likeness (QED) is 0.662. The number of aromatic nitrogens is 1. The number of aromatic amines is 1. The molecule has 0 saturated carbocycles. The van der Waals surface area contributed by atoms with Crippen LogP contribution >= 0.6 is 0 Å². The summed E-state index contributed by atoms with van der Waals surface area (Å²) in [5.74, 6) is 0. The third-order valence-electron chi connectivity index (χ3n) is 3.59. The molecule has 0 aromatic carbocycles. The number of hydrogen-bond donors (Lipinski definition) is 1. The van der Waals surface area contributed by atoms with Crippen LogP contribution in [0.15, 0.2) is 4.79 Å². The fourth-order valence-corrected chi connectivity index (χ4v) is 2.92. The average molecular weight is 189 g/mol. The summed E-state index contributed by atoms with van der Waals surface area (Å²) in [6.07, 6.45) is 8.12. The Balaban J connectivity index is 2.27. The van der Waals surface area contributed by atoms with E-state index in [2.05, 4.69) is 4.98 Å². The van der Waals surface area contributed by atoms with Crippen LogP contribution in [-0.4, -0.2) is 4.98 Å².